The third-order valence-electron chi connectivity index (χ3n) is 2.86. The lowest BCUT2D eigenvalue weighted by molar-refractivity contribution is 0.0956. The van der Waals surface area contributed by atoms with Crippen LogP contribution in [0.15, 0.2) is 23.1 Å². The smallest absolute Gasteiger partial charge is 0.251 e. The van der Waals surface area contributed by atoms with Crippen LogP contribution in [0.5, 0.6) is 0 Å². The van der Waals surface area contributed by atoms with Gasteiger partial charge in [0.15, 0.2) is 0 Å². The monoisotopic (exact) mass is 266 g/mol. The number of nitrogen functional groups attached to an aromatic ring is 1. The van der Waals surface area contributed by atoms with Crippen molar-refractivity contribution in [2.24, 2.45) is 5.92 Å². The van der Waals surface area contributed by atoms with Crippen molar-refractivity contribution < 1.29 is 4.79 Å². The molecule has 3 N–H and O–H groups in total. The van der Waals surface area contributed by atoms with Gasteiger partial charge in [0, 0.05) is 27.9 Å². The number of rotatable bonds is 5. The van der Waals surface area contributed by atoms with E-state index in [4.69, 9.17) is 5.73 Å². The molecule has 3 nitrogen and oxygen atoms in total. The number of amides is 1. The number of nitrogens with two attached hydrogens (primary N) is 1. The molecule has 0 aliphatic heterocycles. The van der Waals surface area contributed by atoms with Crippen LogP contribution in [0.1, 0.15) is 38.1 Å². The molecule has 100 valence electrons. The molecule has 1 rings (SSSR count). The lowest BCUT2D eigenvalue weighted by atomic mass is 10.1. The number of hydrogen-bond donors (Lipinski definition) is 2. The van der Waals surface area contributed by atoms with E-state index < -0.39 is 0 Å². The average molecular weight is 266 g/mol. The SMILES string of the molecule is CCNC(=O)c1ccc(SC(C)C(C)C)c(N)c1. The predicted octanol–water partition coefficient (Wildman–Crippen LogP) is 3.16. The summed E-state index contributed by atoms with van der Waals surface area (Å²) in [7, 11) is 0. The molecule has 0 aliphatic carbocycles. The zero-order valence-corrected chi connectivity index (χ0v) is 12.3. The highest BCUT2D eigenvalue weighted by Crippen LogP contribution is 2.32. The number of carbonyl (C=O) groups excluding carboxylic acids is 1. The molecule has 1 aromatic carbocycles. The predicted molar refractivity (Wildman–Crippen MR) is 79.0 cm³/mol. The fourth-order valence-electron chi connectivity index (χ4n) is 1.40. The first-order valence-corrected chi connectivity index (χ1v) is 7.18. The minimum Gasteiger partial charge on any atom is -0.398 e. The molecule has 0 radical (unpaired) electrons. The van der Waals surface area contributed by atoms with Crippen molar-refractivity contribution in [3.05, 3.63) is 23.8 Å². The van der Waals surface area contributed by atoms with Gasteiger partial charge in [-0.2, -0.15) is 0 Å². The van der Waals surface area contributed by atoms with Crippen molar-refractivity contribution in [2.45, 2.75) is 37.8 Å². The zero-order chi connectivity index (χ0) is 13.7. The molecule has 0 saturated heterocycles. The van der Waals surface area contributed by atoms with Gasteiger partial charge >= 0.3 is 0 Å². The highest BCUT2D eigenvalue weighted by atomic mass is 32.2. The van der Waals surface area contributed by atoms with E-state index >= 15 is 0 Å². The molecule has 0 bridgehead atoms. The van der Waals surface area contributed by atoms with Crippen molar-refractivity contribution >= 4 is 23.4 Å². The quantitative estimate of drug-likeness (QED) is 0.636. The summed E-state index contributed by atoms with van der Waals surface area (Å²) in [6, 6.07) is 5.51. The van der Waals surface area contributed by atoms with Gasteiger partial charge in [-0.1, -0.05) is 20.8 Å². The molecule has 18 heavy (non-hydrogen) atoms. The Hall–Kier alpha value is -1.16. The maximum Gasteiger partial charge on any atom is 0.251 e. The van der Waals surface area contributed by atoms with E-state index in [1.807, 2.05) is 19.1 Å². The molecule has 0 heterocycles. The Kier molecular flexibility index (Phi) is 5.54. The Morgan fingerprint density at radius 1 is 1.39 bits per heavy atom. The number of nitrogens with one attached hydrogen (secondary N) is 1. The molecule has 1 aromatic rings. The largest absolute Gasteiger partial charge is 0.398 e. The molecule has 0 aliphatic rings. The van der Waals surface area contributed by atoms with Gasteiger partial charge in [-0.3, -0.25) is 4.79 Å². The molecule has 1 amide bonds. The van der Waals surface area contributed by atoms with E-state index in [1.54, 1.807) is 17.8 Å². The van der Waals surface area contributed by atoms with Gasteiger partial charge in [-0.05, 0) is 31.0 Å². The van der Waals surface area contributed by atoms with Crippen LogP contribution in [0.2, 0.25) is 0 Å². The number of anilines is 1. The highest BCUT2D eigenvalue weighted by Gasteiger charge is 2.12. The van der Waals surface area contributed by atoms with Gasteiger partial charge in [0.05, 0.1) is 0 Å². The fourth-order valence-corrected chi connectivity index (χ4v) is 2.41. The third-order valence-corrected chi connectivity index (χ3v) is 4.40. The molecule has 4 heteroatoms. The van der Waals surface area contributed by atoms with Crippen LogP contribution in [0.4, 0.5) is 5.69 Å². The summed E-state index contributed by atoms with van der Waals surface area (Å²) < 4.78 is 0. The van der Waals surface area contributed by atoms with Crippen LogP contribution in [0.3, 0.4) is 0 Å². The Labute approximate surface area is 114 Å². The van der Waals surface area contributed by atoms with Crippen molar-refractivity contribution in [1.82, 2.24) is 5.32 Å². The summed E-state index contributed by atoms with van der Waals surface area (Å²) in [5, 5.41) is 3.27. The Balaban J connectivity index is 2.83. The fraction of sp³-hybridized carbons (Fsp3) is 0.500. The molecular weight excluding hydrogens is 244 g/mol. The number of carbonyl (C=O) groups is 1. The second kappa shape index (κ2) is 6.69. The Morgan fingerprint density at radius 2 is 2.06 bits per heavy atom. The maximum absolute atomic E-state index is 11.7. The van der Waals surface area contributed by atoms with Crippen LogP contribution in [0, 0.1) is 5.92 Å². The van der Waals surface area contributed by atoms with E-state index in [0.29, 0.717) is 29.0 Å². The molecule has 0 saturated carbocycles. The van der Waals surface area contributed by atoms with Gasteiger partial charge in [-0.25, -0.2) is 0 Å². The molecule has 0 spiro atoms. The number of hydrogen-bond acceptors (Lipinski definition) is 3. The standard InChI is InChI=1S/C14H22N2OS/c1-5-16-14(17)11-6-7-13(12(15)8-11)18-10(4)9(2)3/h6-10H,5,15H2,1-4H3,(H,16,17). The lowest BCUT2D eigenvalue weighted by Crippen LogP contribution is -2.22. The van der Waals surface area contributed by atoms with Crippen LogP contribution in [-0.4, -0.2) is 17.7 Å². The first kappa shape index (κ1) is 14.9. The average Bonchev–Trinajstić information content (AvgIpc) is 2.31. The van der Waals surface area contributed by atoms with Crippen LogP contribution in [-0.2, 0) is 0 Å². The van der Waals surface area contributed by atoms with Crippen LogP contribution < -0.4 is 11.1 Å². The number of thioether (sulfide) groups is 1. The Morgan fingerprint density at radius 3 is 2.56 bits per heavy atom. The van der Waals surface area contributed by atoms with E-state index in [2.05, 4.69) is 26.1 Å². The second-order valence-corrected chi connectivity index (χ2v) is 6.10. The van der Waals surface area contributed by atoms with E-state index in [1.165, 1.54) is 0 Å². The molecule has 0 aromatic heterocycles. The van der Waals surface area contributed by atoms with E-state index in [9.17, 15) is 4.79 Å². The summed E-state index contributed by atoms with van der Waals surface area (Å²) >= 11 is 1.76. The normalized spacial score (nSPS) is 12.5. The molecule has 0 fully saturated rings. The van der Waals surface area contributed by atoms with Gasteiger partial charge < -0.3 is 11.1 Å². The topological polar surface area (TPSA) is 55.1 Å². The van der Waals surface area contributed by atoms with Crippen LogP contribution >= 0.6 is 11.8 Å². The molecule has 1 unspecified atom stereocenters. The van der Waals surface area contributed by atoms with Gasteiger partial charge in [0.25, 0.3) is 5.91 Å². The first-order valence-electron chi connectivity index (χ1n) is 6.30. The maximum atomic E-state index is 11.7. The minimum atomic E-state index is -0.0716. The van der Waals surface area contributed by atoms with Crippen molar-refractivity contribution in [2.75, 3.05) is 12.3 Å². The van der Waals surface area contributed by atoms with E-state index in [0.717, 1.165) is 4.90 Å². The van der Waals surface area contributed by atoms with Crippen molar-refractivity contribution in [1.29, 1.82) is 0 Å². The summed E-state index contributed by atoms with van der Waals surface area (Å²) in [6.07, 6.45) is 0. The lowest BCUT2D eigenvalue weighted by Gasteiger charge is -2.16. The third kappa shape index (κ3) is 3.95. The minimum absolute atomic E-state index is 0.0716. The molecular formula is C14H22N2OS. The molecule has 1 atom stereocenters. The highest BCUT2D eigenvalue weighted by molar-refractivity contribution is 8.00. The Bertz CT molecular complexity index is 418. The van der Waals surface area contributed by atoms with Crippen molar-refractivity contribution in [3.8, 4) is 0 Å². The van der Waals surface area contributed by atoms with Crippen LogP contribution in [0.25, 0.3) is 0 Å². The first-order chi connectivity index (χ1) is 8.45. The summed E-state index contributed by atoms with van der Waals surface area (Å²) in [5.41, 5.74) is 7.30. The van der Waals surface area contributed by atoms with E-state index in [-0.39, 0.29) is 5.91 Å². The van der Waals surface area contributed by atoms with Crippen molar-refractivity contribution in [3.63, 3.8) is 0 Å². The van der Waals surface area contributed by atoms with Gasteiger partial charge in [0.1, 0.15) is 0 Å². The van der Waals surface area contributed by atoms with Gasteiger partial charge in [0.2, 0.25) is 0 Å². The zero-order valence-electron chi connectivity index (χ0n) is 11.5. The summed E-state index contributed by atoms with van der Waals surface area (Å²) in [5.74, 6) is 0.523. The summed E-state index contributed by atoms with van der Waals surface area (Å²) in [4.78, 5) is 12.7. The van der Waals surface area contributed by atoms with Gasteiger partial charge in [-0.15, -0.1) is 11.8 Å². The summed E-state index contributed by atoms with van der Waals surface area (Å²) in [6.45, 7) is 9.09. The second-order valence-electron chi connectivity index (χ2n) is 4.68. The number of benzene rings is 1.